The summed E-state index contributed by atoms with van der Waals surface area (Å²) < 4.78 is 32.3. The van der Waals surface area contributed by atoms with Crippen LogP contribution < -0.4 is 10.1 Å². The maximum Gasteiger partial charge on any atom is 0.251 e. The molecule has 1 atom stereocenters. The largest absolute Gasteiger partial charge is 0.496 e. The van der Waals surface area contributed by atoms with Gasteiger partial charge in [0.15, 0.2) is 0 Å². The van der Waals surface area contributed by atoms with Crippen molar-refractivity contribution in [2.24, 2.45) is 0 Å². The van der Waals surface area contributed by atoms with Crippen LogP contribution in [-0.4, -0.2) is 38.8 Å². The van der Waals surface area contributed by atoms with Crippen LogP contribution in [0.4, 0.5) is 0 Å². The summed E-state index contributed by atoms with van der Waals surface area (Å²) in [6.07, 6.45) is 2.84. The van der Waals surface area contributed by atoms with Gasteiger partial charge in [-0.2, -0.15) is 4.31 Å². The van der Waals surface area contributed by atoms with Crippen molar-refractivity contribution in [1.82, 2.24) is 9.62 Å². The van der Waals surface area contributed by atoms with Crippen molar-refractivity contribution in [3.63, 3.8) is 0 Å². The van der Waals surface area contributed by atoms with Crippen molar-refractivity contribution in [3.05, 3.63) is 59.7 Å². The molecule has 0 aromatic heterocycles. The van der Waals surface area contributed by atoms with Gasteiger partial charge < -0.3 is 10.1 Å². The van der Waals surface area contributed by atoms with Crippen LogP contribution in [0, 0.1) is 0 Å². The van der Waals surface area contributed by atoms with Gasteiger partial charge in [-0.1, -0.05) is 24.6 Å². The highest BCUT2D eigenvalue weighted by Gasteiger charge is 2.26. The zero-order valence-electron chi connectivity index (χ0n) is 16.2. The van der Waals surface area contributed by atoms with E-state index in [1.54, 1.807) is 19.2 Å². The summed E-state index contributed by atoms with van der Waals surface area (Å²) >= 11 is 0. The smallest absolute Gasteiger partial charge is 0.251 e. The van der Waals surface area contributed by atoms with E-state index in [2.05, 4.69) is 5.32 Å². The van der Waals surface area contributed by atoms with Crippen LogP contribution in [-0.2, 0) is 10.0 Å². The number of hydrogen-bond acceptors (Lipinski definition) is 4. The molecular weight excluding hydrogens is 376 g/mol. The van der Waals surface area contributed by atoms with Gasteiger partial charge in [0, 0.05) is 24.2 Å². The molecule has 1 saturated heterocycles. The van der Waals surface area contributed by atoms with Crippen molar-refractivity contribution >= 4 is 15.9 Å². The van der Waals surface area contributed by atoms with Gasteiger partial charge in [0.1, 0.15) is 5.75 Å². The number of carbonyl (C=O) groups excluding carboxylic acids is 1. The average molecular weight is 403 g/mol. The predicted octanol–water partition coefficient (Wildman–Crippen LogP) is 3.36. The van der Waals surface area contributed by atoms with E-state index in [1.165, 1.54) is 16.4 Å². The number of benzene rings is 2. The summed E-state index contributed by atoms with van der Waals surface area (Å²) in [7, 11) is -1.90. The van der Waals surface area contributed by atoms with Gasteiger partial charge in [-0.15, -0.1) is 0 Å². The van der Waals surface area contributed by atoms with Crippen molar-refractivity contribution in [3.8, 4) is 5.75 Å². The Balaban J connectivity index is 1.71. The lowest BCUT2D eigenvalue weighted by Gasteiger charge is -2.25. The molecule has 0 aliphatic carbocycles. The molecule has 0 bridgehead atoms. The third-order valence-corrected chi connectivity index (χ3v) is 6.94. The Morgan fingerprint density at radius 1 is 1.04 bits per heavy atom. The minimum atomic E-state index is -3.49. The molecule has 0 unspecified atom stereocenters. The number of hydrogen-bond donors (Lipinski definition) is 1. The van der Waals surface area contributed by atoms with E-state index < -0.39 is 10.0 Å². The van der Waals surface area contributed by atoms with Crippen LogP contribution >= 0.6 is 0 Å². The molecule has 150 valence electrons. The maximum absolute atomic E-state index is 12.7. The second-order valence-corrected chi connectivity index (χ2v) is 8.86. The highest BCUT2D eigenvalue weighted by molar-refractivity contribution is 7.89. The summed E-state index contributed by atoms with van der Waals surface area (Å²) in [4.78, 5) is 12.8. The number of nitrogens with zero attached hydrogens (tertiary/aromatic N) is 1. The molecule has 1 aliphatic heterocycles. The molecular formula is C21H26N2O4S. The fourth-order valence-corrected chi connectivity index (χ4v) is 4.93. The number of para-hydroxylation sites is 1. The third kappa shape index (κ3) is 4.36. The molecule has 6 nitrogen and oxygen atoms in total. The normalized spacial score (nSPS) is 16.4. The zero-order valence-corrected chi connectivity index (χ0v) is 17.0. The number of methoxy groups -OCH3 is 1. The summed E-state index contributed by atoms with van der Waals surface area (Å²) in [5.74, 6) is 0.443. The second-order valence-electron chi connectivity index (χ2n) is 6.93. The van der Waals surface area contributed by atoms with Gasteiger partial charge in [0.2, 0.25) is 10.0 Å². The van der Waals surface area contributed by atoms with E-state index >= 15 is 0 Å². The number of sulfonamides is 1. The number of piperidine rings is 1. The molecule has 2 aromatic carbocycles. The number of rotatable bonds is 6. The molecule has 1 fully saturated rings. The lowest BCUT2D eigenvalue weighted by atomic mass is 10.1. The highest BCUT2D eigenvalue weighted by atomic mass is 32.2. The summed E-state index contributed by atoms with van der Waals surface area (Å²) in [6.45, 7) is 2.99. The molecule has 28 heavy (non-hydrogen) atoms. The monoisotopic (exact) mass is 402 g/mol. The Morgan fingerprint density at radius 2 is 1.68 bits per heavy atom. The number of nitrogens with one attached hydrogen (secondary N) is 1. The Hall–Kier alpha value is -2.38. The molecule has 0 saturated carbocycles. The van der Waals surface area contributed by atoms with Crippen LogP contribution in [0.2, 0.25) is 0 Å². The van der Waals surface area contributed by atoms with Crippen molar-refractivity contribution in [2.75, 3.05) is 20.2 Å². The molecule has 0 spiro atoms. The molecule has 1 aliphatic rings. The minimum absolute atomic E-state index is 0.226. The van der Waals surface area contributed by atoms with Gasteiger partial charge >= 0.3 is 0 Å². The number of carbonyl (C=O) groups is 1. The van der Waals surface area contributed by atoms with E-state index in [1.807, 2.05) is 31.2 Å². The fourth-order valence-electron chi connectivity index (χ4n) is 3.41. The van der Waals surface area contributed by atoms with Gasteiger partial charge in [-0.05, 0) is 50.1 Å². The lowest BCUT2D eigenvalue weighted by molar-refractivity contribution is 0.0939. The van der Waals surface area contributed by atoms with Gasteiger partial charge in [-0.3, -0.25) is 4.79 Å². The standard InChI is InChI=1S/C21H26N2O4S/c1-16(19-8-4-5-9-20(19)27-2)22-21(24)17-10-12-18(13-11-17)28(25,26)23-14-6-3-7-15-23/h4-5,8-13,16H,3,6-7,14-15H2,1-2H3,(H,22,24)/t16-/m0/s1. The molecule has 3 rings (SSSR count). The molecule has 7 heteroatoms. The average Bonchev–Trinajstić information content (AvgIpc) is 2.74. The van der Waals surface area contributed by atoms with Gasteiger partial charge in [0.25, 0.3) is 5.91 Å². The van der Waals surface area contributed by atoms with Gasteiger partial charge in [0.05, 0.1) is 18.0 Å². The number of ether oxygens (including phenoxy) is 1. The summed E-state index contributed by atoms with van der Waals surface area (Å²) in [6, 6.07) is 13.4. The maximum atomic E-state index is 12.7. The van der Waals surface area contributed by atoms with E-state index in [0.717, 1.165) is 24.8 Å². The van der Waals surface area contributed by atoms with Crippen molar-refractivity contribution in [1.29, 1.82) is 0 Å². The van der Waals surface area contributed by atoms with Crippen LogP contribution in [0.25, 0.3) is 0 Å². The summed E-state index contributed by atoms with van der Waals surface area (Å²) in [5, 5.41) is 2.93. The first kappa shape index (κ1) is 20.4. The lowest BCUT2D eigenvalue weighted by Crippen LogP contribution is -2.35. The van der Waals surface area contributed by atoms with Gasteiger partial charge in [-0.25, -0.2) is 8.42 Å². The first-order chi connectivity index (χ1) is 13.4. The van der Waals surface area contributed by atoms with E-state index in [-0.39, 0.29) is 16.8 Å². The predicted molar refractivity (Wildman–Crippen MR) is 108 cm³/mol. The van der Waals surface area contributed by atoms with E-state index in [0.29, 0.717) is 24.4 Å². The first-order valence-corrected chi connectivity index (χ1v) is 10.9. The fraction of sp³-hybridized carbons (Fsp3) is 0.381. The molecule has 2 aromatic rings. The molecule has 0 radical (unpaired) electrons. The van der Waals surface area contributed by atoms with Crippen LogP contribution in [0.5, 0.6) is 5.75 Å². The second kappa shape index (κ2) is 8.75. The Labute approximate surface area is 166 Å². The minimum Gasteiger partial charge on any atom is -0.496 e. The Kier molecular flexibility index (Phi) is 6.36. The van der Waals surface area contributed by atoms with E-state index in [4.69, 9.17) is 4.74 Å². The molecule has 1 N–H and O–H groups in total. The first-order valence-electron chi connectivity index (χ1n) is 9.47. The van der Waals surface area contributed by atoms with E-state index in [9.17, 15) is 13.2 Å². The zero-order chi connectivity index (χ0) is 20.1. The van der Waals surface area contributed by atoms with Crippen LogP contribution in [0.3, 0.4) is 0 Å². The Bertz CT molecular complexity index is 920. The quantitative estimate of drug-likeness (QED) is 0.804. The summed E-state index contributed by atoms with van der Waals surface area (Å²) in [5.41, 5.74) is 1.29. The Morgan fingerprint density at radius 3 is 2.32 bits per heavy atom. The van der Waals surface area contributed by atoms with Crippen molar-refractivity contribution < 1.29 is 17.9 Å². The topological polar surface area (TPSA) is 75.7 Å². The van der Waals surface area contributed by atoms with Crippen LogP contribution in [0.15, 0.2) is 53.4 Å². The van der Waals surface area contributed by atoms with Crippen molar-refractivity contribution in [2.45, 2.75) is 37.1 Å². The number of amides is 1. The third-order valence-electron chi connectivity index (χ3n) is 5.02. The molecule has 1 heterocycles. The van der Waals surface area contributed by atoms with Crippen LogP contribution in [0.1, 0.15) is 48.1 Å². The highest BCUT2D eigenvalue weighted by Crippen LogP contribution is 2.25. The molecule has 1 amide bonds. The SMILES string of the molecule is COc1ccccc1[C@H](C)NC(=O)c1ccc(S(=O)(=O)N2CCCCC2)cc1.